The predicted molar refractivity (Wildman–Crippen MR) is 80.0 cm³/mol. The van der Waals surface area contributed by atoms with Gasteiger partial charge in [0, 0.05) is 20.1 Å². The van der Waals surface area contributed by atoms with Crippen LogP contribution in [0.2, 0.25) is 0 Å². The van der Waals surface area contributed by atoms with Gasteiger partial charge in [-0.1, -0.05) is 30.7 Å². The van der Waals surface area contributed by atoms with Crippen LogP contribution in [-0.2, 0) is 14.2 Å². The number of aliphatic hydroxyl groups is 1. The fraction of sp³-hybridized carbons (Fsp3) is 0.765. The molecule has 1 saturated heterocycles. The van der Waals surface area contributed by atoms with E-state index in [1.165, 1.54) is 5.57 Å². The molecule has 2 bridgehead atoms. The van der Waals surface area contributed by atoms with Gasteiger partial charge in [-0.2, -0.15) is 0 Å². The Kier molecular flexibility index (Phi) is 3.38. The van der Waals surface area contributed by atoms with E-state index >= 15 is 0 Å². The third-order valence-corrected chi connectivity index (χ3v) is 6.09. The van der Waals surface area contributed by atoms with Crippen molar-refractivity contribution in [1.82, 2.24) is 0 Å². The van der Waals surface area contributed by atoms with Gasteiger partial charge in [0.1, 0.15) is 0 Å². The van der Waals surface area contributed by atoms with Gasteiger partial charge in [-0.25, -0.2) is 0 Å². The third-order valence-electron chi connectivity index (χ3n) is 6.09. The molecule has 0 spiro atoms. The van der Waals surface area contributed by atoms with Gasteiger partial charge in [0.05, 0.1) is 41.9 Å². The molecule has 2 aliphatic heterocycles. The highest BCUT2D eigenvalue weighted by Crippen LogP contribution is 2.69. The Bertz CT molecular complexity index is 499. The molecule has 118 valence electrons. The van der Waals surface area contributed by atoms with Crippen molar-refractivity contribution in [3.63, 3.8) is 0 Å². The highest BCUT2D eigenvalue weighted by Gasteiger charge is 2.77. The van der Waals surface area contributed by atoms with Crippen LogP contribution in [-0.4, -0.2) is 50.3 Å². The van der Waals surface area contributed by atoms with Gasteiger partial charge < -0.3 is 19.3 Å². The van der Waals surface area contributed by atoms with E-state index < -0.39 is 17.1 Å². The van der Waals surface area contributed by atoms with Crippen molar-refractivity contribution >= 4 is 0 Å². The van der Waals surface area contributed by atoms with Crippen LogP contribution in [0.3, 0.4) is 0 Å². The van der Waals surface area contributed by atoms with Crippen LogP contribution in [0.1, 0.15) is 20.8 Å². The lowest BCUT2D eigenvalue weighted by Gasteiger charge is -2.58. The van der Waals surface area contributed by atoms with E-state index in [9.17, 15) is 5.11 Å². The lowest BCUT2D eigenvalue weighted by molar-refractivity contribution is -0.161. The molecule has 21 heavy (non-hydrogen) atoms. The molecule has 1 fully saturated rings. The number of methoxy groups -OCH3 is 2. The van der Waals surface area contributed by atoms with Gasteiger partial charge in [-0.3, -0.25) is 0 Å². The maximum atomic E-state index is 11.1. The maximum Gasteiger partial charge on any atom is 0.0957 e. The Morgan fingerprint density at radius 2 is 1.95 bits per heavy atom. The minimum atomic E-state index is -0.532. The first-order chi connectivity index (χ1) is 9.89. The summed E-state index contributed by atoms with van der Waals surface area (Å²) in [6, 6.07) is 0. The van der Waals surface area contributed by atoms with Gasteiger partial charge in [-0.05, 0) is 13.8 Å². The van der Waals surface area contributed by atoms with E-state index in [0.29, 0.717) is 13.2 Å². The van der Waals surface area contributed by atoms with Crippen molar-refractivity contribution in [1.29, 1.82) is 0 Å². The van der Waals surface area contributed by atoms with Gasteiger partial charge in [0.15, 0.2) is 0 Å². The molecule has 6 atom stereocenters. The third kappa shape index (κ3) is 1.49. The van der Waals surface area contributed by atoms with E-state index in [4.69, 9.17) is 14.2 Å². The second-order valence-electron chi connectivity index (χ2n) is 6.97. The zero-order valence-electron chi connectivity index (χ0n) is 13.6. The van der Waals surface area contributed by atoms with Crippen molar-refractivity contribution in [2.45, 2.75) is 38.6 Å². The van der Waals surface area contributed by atoms with Crippen LogP contribution >= 0.6 is 0 Å². The molecule has 0 aromatic heterocycles. The summed E-state index contributed by atoms with van der Waals surface area (Å²) in [5.41, 5.74) is -0.192. The number of hydrogen-bond donors (Lipinski definition) is 1. The standard InChI is InChI=1S/C17H26O4/c1-11-8-12(2)16(9-19-4)13-6-7-15(3,21-13)17(16,10-20-5)14(11)18/h6-8,11,13-14,18H,9-10H2,1-5H3/t11-,13-,14-,15+,16-,17+/m1/s1. The first-order valence-electron chi connectivity index (χ1n) is 7.61. The van der Waals surface area contributed by atoms with Crippen LogP contribution in [0, 0.1) is 16.7 Å². The first kappa shape index (κ1) is 15.2. The summed E-state index contributed by atoms with van der Waals surface area (Å²) in [6.07, 6.45) is 5.78. The minimum Gasteiger partial charge on any atom is -0.392 e. The van der Waals surface area contributed by atoms with Crippen molar-refractivity contribution in [2.75, 3.05) is 27.4 Å². The quantitative estimate of drug-likeness (QED) is 0.805. The van der Waals surface area contributed by atoms with Crippen molar-refractivity contribution in [3.05, 3.63) is 23.8 Å². The molecular formula is C17H26O4. The topological polar surface area (TPSA) is 47.9 Å². The number of aliphatic hydroxyl groups excluding tert-OH is 1. The highest BCUT2D eigenvalue weighted by molar-refractivity contribution is 5.43. The first-order valence-corrected chi connectivity index (χ1v) is 7.61. The monoisotopic (exact) mass is 294 g/mol. The summed E-state index contributed by atoms with van der Waals surface area (Å²) in [5, 5.41) is 11.1. The van der Waals surface area contributed by atoms with Gasteiger partial charge in [0.2, 0.25) is 0 Å². The smallest absolute Gasteiger partial charge is 0.0957 e. The van der Waals surface area contributed by atoms with Crippen molar-refractivity contribution in [3.8, 4) is 0 Å². The Morgan fingerprint density at radius 1 is 1.29 bits per heavy atom. The fourth-order valence-corrected chi connectivity index (χ4v) is 5.18. The summed E-state index contributed by atoms with van der Waals surface area (Å²) < 4.78 is 17.5. The molecule has 3 rings (SSSR count). The molecule has 0 aromatic carbocycles. The lowest BCUT2D eigenvalue weighted by Crippen LogP contribution is -2.66. The second kappa shape index (κ2) is 4.66. The van der Waals surface area contributed by atoms with E-state index in [1.807, 2.05) is 0 Å². The SMILES string of the molecule is COC[C@@]12[C@H](O)[C@H](C)C=C(C)[C@]1(COC)[C@H]1C=C[C@]2(C)O1. The summed E-state index contributed by atoms with van der Waals surface area (Å²) in [6.45, 7) is 7.22. The Morgan fingerprint density at radius 3 is 2.57 bits per heavy atom. The molecule has 0 amide bonds. The zero-order valence-corrected chi connectivity index (χ0v) is 13.6. The predicted octanol–water partition coefficient (Wildman–Crippen LogP) is 1.94. The average Bonchev–Trinajstić information content (AvgIpc) is 2.91. The molecule has 0 saturated carbocycles. The van der Waals surface area contributed by atoms with Crippen LogP contribution < -0.4 is 0 Å². The van der Waals surface area contributed by atoms with E-state index in [1.54, 1.807) is 14.2 Å². The van der Waals surface area contributed by atoms with Crippen molar-refractivity contribution in [2.24, 2.45) is 16.7 Å². The van der Waals surface area contributed by atoms with E-state index in [-0.39, 0.29) is 17.4 Å². The van der Waals surface area contributed by atoms with Crippen LogP contribution in [0.15, 0.2) is 23.8 Å². The Labute approximate surface area is 126 Å². The van der Waals surface area contributed by atoms with Crippen molar-refractivity contribution < 1.29 is 19.3 Å². The molecule has 4 nitrogen and oxygen atoms in total. The van der Waals surface area contributed by atoms with Gasteiger partial charge in [-0.15, -0.1) is 0 Å². The largest absolute Gasteiger partial charge is 0.392 e. The second-order valence-corrected chi connectivity index (χ2v) is 6.97. The molecule has 1 N–H and O–H groups in total. The highest BCUT2D eigenvalue weighted by atomic mass is 16.5. The fourth-order valence-electron chi connectivity index (χ4n) is 5.18. The average molecular weight is 294 g/mol. The molecule has 4 heteroatoms. The summed E-state index contributed by atoms with van der Waals surface area (Å²) in [4.78, 5) is 0. The molecule has 0 aromatic rings. The summed E-state index contributed by atoms with van der Waals surface area (Å²) >= 11 is 0. The molecule has 2 heterocycles. The number of rotatable bonds is 4. The van der Waals surface area contributed by atoms with Crippen LogP contribution in [0.5, 0.6) is 0 Å². The molecule has 3 aliphatic rings. The summed E-state index contributed by atoms with van der Waals surface area (Å²) in [7, 11) is 3.40. The zero-order chi connectivity index (χ0) is 15.5. The Balaban J connectivity index is 2.28. The normalized spacial score (nSPS) is 51.1. The number of ether oxygens (including phenoxy) is 3. The molecule has 0 radical (unpaired) electrons. The van der Waals surface area contributed by atoms with Gasteiger partial charge >= 0.3 is 0 Å². The molecular weight excluding hydrogens is 268 g/mol. The Hall–Kier alpha value is -0.680. The van der Waals surface area contributed by atoms with Crippen LogP contribution in [0.4, 0.5) is 0 Å². The summed E-state index contributed by atoms with van der Waals surface area (Å²) in [5.74, 6) is 0.0679. The molecule has 0 unspecified atom stereocenters. The number of fused-ring (bicyclic) bond motifs is 5. The lowest BCUT2D eigenvalue weighted by atomic mass is 9.46. The van der Waals surface area contributed by atoms with E-state index in [2.05, 4.69) is 39.0 Å². The minimum absolute atomic E-state index is 0.0679. The number of hydrogen-bond acceptors (Lipinski definition) is 4. The maximum absolute atomic E-state index is 11.1. The van der Waals surface area contributed by atoms with E-state index in [0.717, 1.165) is 0 Å². The van der Waals surface area contributed by atoms with Gasteiger partial charge in [0.25, 0.3) is 0 Å². The molecule has 1 aliphatic carbocycles. The van der Waals surface area contributed by atoms with Crippen LogP contribution in [0.25, 0.3) is 0 Å².